The van der Waals surface area contributed by atoms with Crippen LogP contribution in [0.5, 0.6) is 5.75 Å². The maximum Gasteiger partial charge on any atom is 0.335 e. The Morgan fingerprint density at radius 2 is 1.74 bits per heavy atom. The van der Waals surface area contributed by atoms with Gasteiger partial charge in [0.2, 0.25) is 17.6 Å². The van der Waals surface area contributed by atoms with Gasteiger partial charge in [-0.15, -0.1) is 0 Å². The molecule has 9 nitrogen and oxygen atoms in total. The quantitative estimate of drug-likeness (QED) is 0.487. The molecule has 0 aromatic heterocycles. The van der Waals surface area contributed by atoms with Crippen LogP contribution in [0.2, 0.25) is 0 Å². The lowest BCUT2D eigenvalue weighted by atomic mass is 9.91. The molecule has 1 aliphatic carbocycles. The fraction of sp³-hybridized carbons (Fsp3) is 0.276. The number of hydrogen-bond donors (Lipinski definition) is 3. The van der Waals surface area contributed by atoms with Crippen LogP contribution in [0.4, 0.5) is 5.69 Å². The van der Waals surface area contributed by atoms with E-state index < -0.39 is 23.9 Å². The number of fused-ring (bicyclic) bond motifs is 5. The first-order chi connectivity index (χ1) is 18.3. The van der Waals surface area contributed by atoms with Gasteiger partial charge in [0.1, 0.15) is 11.8 Å². The van der Waals surface area contributed by atoms with Crippen molar-refractivity contribution in [2.45, 2.75) is 37.2 Å². The standard InChI is InChI=1S/C29H26N2O7/c1-16(32)31-13-12-20(17-6-9-19(33)10-7-17)26(31)27(34)30-18-8-11-22-21-4-2-3-5-23(21)29(24(22)14-18)37-15-25(38-29)28(35)36/h2-11,14,20,25-26,33H,12-13,15H2,1H3,(H,30,34)(H,35,36)/t20?,25?,26-,29?/m1/s1. The Morgan fingerprint density at radius 3 is 2.45 bits per heavy atom. The first-order valence-electron chi connectivity index (χ1n) is 12.4. The van der Waals surface area contributed by atoms with E-state index >= 15 is 0 Å². The minimum atomic E-state index is -1.39. The van der Waals surface area contributed by atoms with Gasteiger partial charge in [0.05, 0.1) is 6.61 Å². The Morgan fingerprint density at radius 1 is 1.00 bits per heavy atom. The van der Waals surface area contributed by atoms with E-state index in [-0.39, 0.29) is 30.1 Å². The number of carboxylic acid groups (broad SMARTS) is 1. The van der Waals surface area contributed by atoms with Crippen molar-refractivity contribution in [1.82, 2.24) is 4.90 Å². The highest BCUT2D eigenvalue weighted by molar-refractivity contribution is 5.99. The fourth-order valence-corrected chi connectivity index (χ4v) is 5.90. The fourth-order valence-electron chi connectivity index (χ4n) is 5.90. The second-order valence-corrected chi connectivity index (χ2v) is 9.81. The molecule has 3 aliphatic rings. The summed E-state index contributed by atoms with van der Waals surface area (Å²) in [6.45, 7) is 1.78. The van der Waals surface area contributed by atoms with Gasteiger partial charge in [-0.1, -0.05) is 42.5 Å². The van der Waals surface area contributed by atoms with Crippen molar-refractivity contribution >= 4 is 23.5 Å². The molecule has 38 heavy (non-hydrogen) atoms. The van der Waals surface area contributed by atoms with Crippen LogP contribution in [0.25, 0.3) is 11.1 Å². The molecule has 0 radical (unpaired) electrons. The van der Waals surface area contributed by atoms with Gasteiger partial charge in [0.15, 0.2) is 6.10 Å². The Bertz CT molecular complexity index is 1450. The molecule has 1 spiro atoms. The van der Waals surface area contributed by atoms with Crippen LogP contribution in [0.15, 0.2) is 66.7 Å². The largest absolute Gasteiger partial charge is 0.508 e. The molecule has 4 atom stereocenters. The molecular weight excluding hydrogens is 488 g/mol. The first-order valence-corrected chi connectivity index (χ1v) is 12.4. The number of aliphatic carboxylic acids is 1. The summed E-state index contributed by atoms with van der Waals surface area (Å²) in [6, 6.07) is 18.9. The summed E-state index contributed by atoms with van der Waals surface area (Å²) in [5.74, 6) is -3.13. The van der Waals surface area contributed by atoms with E-state index in [0.717, 1.165) is 16.7 Å². The molecule has 2 heterocycles. The molecule has 3 aromatic rings. The number of rotatable bonds is 4. The van der Waals surface area contributed by atoms with E-state index in [4.69, 9.17) is 9.47 Å². The molecule has 9 heteroatoms. The predicted molar refractivity (Wildman–Crippen MR) is 136 cm³/mol. The number of aromatic hydroxyl groups is 1. The Kier molecular flexibility index (Phi) is 5.70. The predicted octanol–water partition coefficient (Wildman–Crippen LogP) is 3.42. The zero-order valence-electron chi connectivity index (χ0n) is 20.6. The third-order valence-corrected chi connectivity index (χ3v) is 7.63. The number of nitrogens with zero attached hydrogens (tertiary/aromatic N) is 1. The molecule has 6 rings (SSSR count). The number of benzene rings is 3. The normalized spacial score (nSPS) is 25.3. The van der Waals surface area contributed by atoms with E-state index in [9.17, 15) is 24.6 Å². The number of carbonyl (C=O) groups is 3. The van der Waals surface area contributed by atoms with Crippen LogP contribution in [0.1, 0.15) is 36.0 Å². The second kappa shape index (κ2) is 8.97. The van der Waals surface area contributed by atoms with Crippen LogP contribution >= 0.6 is 0 Å². The minimum absolute atomic E-state index is 0.107. The van der Waals surface area contributed by atoms with Crippen molar-refractivity contribution in [2.24, 2.45) is 0 Å². The maximum absolute atomic E-state index is 13.7. The molecule has 3 unspecified atom stereocenters. The number of phenols is 1. The number of anilines is 1. The van der Waals surface area contributed by atoms with Crippen LogP contribution in [0, 0.1) is 0 Å². The molecule has 3 aromatic carbocycles. The second-order valence-electron chi connectivity index (χ2n) is 9.81. The molecule has 0 saturated carbocycles. The number of carbonyl (C=O) groups excluding carboxylic acids is 2. The molecule has 2 amide bonds. The molecular formula is C29H26N2O7. The van der Waals surface area contributed by atoms with Crippen LogP contribution in [-0.2, 0) is 29.6 Å². The molecule has 3 N–H and O–H groups in total. The van der Waals surface area contributed by atoms with Gasteiger partial charge in [-0.2, -0.15) is 0 Å². The van der Waals surface area contributed by atoms with Crippen molar-refractivity contribution in [3.63, 3.8) is 0 Å². The molecule has 0 bridgehead atoms. The monoisotopic (exact) mass is 514 g/mol. The summed E-state index contributed by atoms with van der Waals surface area (Å²) in [7, 11) is 0. The minimum Gasteiger partial charge on any atom is -0.508 e. The summed E-state index contributed by atoms with van der Waals surface area (Å²) in [5, 5.41) is 22.2. The summed E-state index contributed by atoms with van der Waals surface area (Å²) in [6.07, 6.45) is -0.510. The third kappa shape index (κ3) is 3.74. The topological polar surface area (TPSA) is 125 Å². The van der Waals surface area contributed by atoms with Gasteiger partial charge in [-0.25, -0.2) is 4.79 Å². The van der Waals surface area contributed by atoms with Crippen LogP contribution in [-0.4, -0.2) is 58.2 Å². The Hall–Kier alpha value is -4.21. The number of likely N-dealkylation sites (tertiary alicyclic amines) is 1. The van der Waals surface area contributed by atoms with Crippen molar-refractivity contribution in [3.8, 4) is 16.9 Å². The van der Waals surface area contributed by atoms with Gasteiger partial charge in [0, 0.05) is 36.2 Å². The highest BCUT2D eigenvalue weighted by Gasteiger charge is 2.53. The third-order valence-electron chi connectivity index (χ3n) is 7.63. The SMILES string of the molecule is CC(=O)N1CCC(c2ccc(O)cc2)[C@@H]1C(=O)Nc1ccc2c(c1)C1(OCC(C(=O)O)O1)c1ccccc1-2. The Labute approximate surface area is 218 Å². The van der Waals surface area contributed by atoms with E-state index in [2.05, 4.69) is 5.32 Å². The zero-order chi connectivity index (χ0) is 26.6. The summed E-state index contributed by atoms with van der Waals surface area (Å²) >= 11 is 0. The van der Waals surface area contributed by atoms with Gasteiger partial charge in [-0.3, -0.25) is 9.59 Å². The van der Waals surface area contributed by atoms with Crippen molar-refractivity contribution in [3.05, 3.63) is 83.4 Å². The first kappa shape index (κ1) is 24.1. The van der Waals surface area contributed by atoms with E-state index in [1.165, 1.54) is 6.92 Å². The highest BCUT2D eigenvalue weighted by Crippen LogP contribution is 2.53. The molecule has 194 valence electrons. The lowest BCUT2D eigenvalue weighted by Gasteiger charge is -2.27. The van der Waals surface area contributed by atoms with E-state index in [1.807, 2.05) is 30.3 Å². The Balaban J connectivity index is 1.34. The van der Waals surface area contributed by atoms with Gasteiger partial charge in [-0.05, 0) is 47.4 Å². The van der Waals surface area contributed by atoms with Gasteiger partial charge >= 0.3 is 5.97 Å². The number of nitrogens with one attached hydrogen (secondary N) is 1. The zero-order valence-corrected chi connectivity index (χ0v) is 20.6. The summed E-state index contributed by atoms with van der Waals surface area (Å²) in [5.41, 5.74) is 4.38. The van der Waals surface area contributed by atoms with Gasteiger partial charge < -0.3 is 29.9 Å². The molecule has 2 aliphatic heterocycles. The van der Waals surface area contributed by atoms with Crippen LogP contribution < -0.4 is 5.32 Å². The molecule has 2 saturated heterocycles. The van der Waals surface area contributed by atoms with Crippen LogP contribution in [0.3, 0.4) is 0 Å². The van der Waals surface area contributed by atoms with Gasteiger partial charge in [0.25, 0.3) is 0 Å². The number of phenolic OH excluding ortho intramolecular Hbond substituents is 1. The lowest BCUT2D eigenvalue weighted by molar-refractivity contribution is -0.165. The van der Waals surface area contributed by atoms with Crippen molar-refractivity contribution in [1.29, 1.82) is 0 Å². The number of carboxylic acids is 1. The van der Waals surface area contributed by atoms with E-state index in [1.54, 1.807) is 41.3 Å². The number of hydrogen-bond acceptors (Lipinski definition) is 6. The van der Waals surface area contributed by atoms with E-state index in [0.29, 0.717) is 29.8 Å². The number of ether oxygens (including phenoxy) is 2. The highest BCUT2D eigenvalue weighted by atomic mass is 16.8. The average Bonchev–Trinajstić information content (AvgIpc) is 3.61. The maximum atomic E-state index is 13.7. The average molecular weight is 515 g/mol. The van der Waals surface area contributed by atoms with Crippen molar-refractivity contribution in [2.75, 3.05) is 18.5 Å². The molecule has 2 fully saturated rings. The number of amides is 2. The summed E-state index contributed by atoms with van der Waals surface area (Å²) in [4.78, 5) is 39.3. The lowest BCUT2D eigenvalue weighted by Crippen LogP contribution is -2.44. The smallest absolute Gasteiger partial charge is 0.335 e. The van der Waals surface area contributed by atoms with Crippen molar-refractivity contribution < 1.29 is 34.1 Å². The summed E-state index contributed by atoms with van der Waals surface area (Å²) < 4.78 is 12.0.